The number of aliphatic hydroxyl groups excluding tert-OH is 1. The van der Waals surface area contributed by atoms with Crippen LogP contribution in [0, 0.1) is 5.92 Å². The number of hydrogen-bond donors (Lipinski definition) is 1. The molecule has 2 unspecified atom stereocenters. The summed E-state index contributed by atoms with van der Waals surface area (Å²) >= 11 is 0. The summed E-state index contributed by atoms with van der Waals surface area (Å²) in [5.74, 6) is 2.34. The van der Waals surface area contributed by atoms with Gasteiger partial charge >= 0.3 is 0 Å². The van der Waals surface area contributed by atoms with Gasteiger partial charge in [0, 0.05) is 12.0 Å². The number of hydrogen-bond acceptors (Lipinski definition) is 3. The van der Waals surface area contributed by atoms with Crippen LogP contribution in [0.2, 0.25) is 0 Å². The second-order valence-corrected chi connectivity index (χ2v) is 6.28. The lowest BCUT2D eigenvalue weighted by molar-refractivity contribution is -0.0522. The maximum atomic E-state index is 10.5. The zero-order chi connectivity index (χ0) is 14.2. The molecule has 0 saturated heterocycles. The molecule has 20 heavy (non-hydrogen) atoms. The summed E-state index contributed by atoms with van der Waals surface area (Å²) < 4.78 is 11.6. The third-order valence-electron chi connectivity index (χ3n) is 4.95. The topological polar surface area (TPSA) is 38.7 Å². The lowest BCUT2D eigenvalue weighted by atomic mass is 9.72. The van der Waals surface area contributed by atoms with E-state index in [2.05, 4.69) is 6.92 Å². The molecule has 1 saturated carbocycles. The zero-order valence-electron chi connectivity index (χ0n) is 12.4. The van der Waals surface area contributed by atoms with Crippen molar-refractivity contribution >= 4 is 0 Å². The minimum atomic E-state index is -0.440. The summed E-state index contributed by atoms with van der Waals surface area (Å²) in [4.78, 5) is 0. The third kappa shape index (κ3) is 2.39. The van der Waals surface area contributed by atoms with Crippen LogP contribution in [0.5, 0.6) is 11.5 Å². The van der Waals surface area contributed by atoms with Crippen LogP contribution in [-0.2, 0) is 0 Å². The summed E-state index contributed by atoms with van der Waals surface area (Å²) in [7, 11) is 1.65. The van der Waals surface area contributed by atoms with Gasteiger partial charge in [0.15, 0.2) is 0 Å². The van der Waals surface area contributed by atoms with Gasteiger partial charge in [0.05, 0.1) is 13.2 Å². The summed E-state index contributed by atoms with van der Waals surface area (Å²) in [6.07, 6.45) is 6.12. The number of rotatable bonds is 2. The molecular weight excluding hydrogens is 252 g/mol. The lowest BCUT2D eigenvalue weighted by Crippen LogP contribution is -2.45. The van der Waals surface area contributed by atoms with E-state index in [1.54, 1.807) is 7.11 Å². The number of methoxy groups -OCH3 is 1. The Bertz CT molecular complexity index is 485. The SMILES string of the molecule is CCC1CCCC2(C1)C[C@@H](O)c1cc(OC)ccc1O2. The van der Waals surface area contributed by atoms with Crippen molar-refractivity contribution in [3.63, 3.8) is 0 Å². The number of fused-ring (bicyclic) bond motifs is 1. The van der Waals surface area contributed by atoms with Crippen LogP contribution in [0.1, 0.15) is 57.1 Å². The molecule has 1 spiro atoms. The van der Waals surface area contributed by atoms with E-state index >= 15 is 0 Å². The van der Waals surface area contributed by atoms with E-state index in [-0.39, 0.29) is 5.60 Å². The van der Waals surface area contributed by atoms with Crippen LogP contribution in [0.3, 0.4) is 0 Å². The van der Waals surface area contributed by atoms with Crippen molar-refractivity contribution < 1.29 is 14.6 Å². The van der Waals surface area contributed by atoms with Crippen molar-refractivity contribution in [2.24, 2.45) is 5.92 Å². The molecule has 1 aliphatic heterocycles. The van der Waals surface area contributed by atoms with Gasteiger partial charge in [0.25, 0.3) is 0 Å². The molecule has 2 aliphatic rings. The number of ether oxygens (including phenoxy) is 2. The van der Waals surface area contributed by atoms with Crippen molar-refractivity contribution in [1.29, 1.82) is 0 Å². The molecule has 1 aromatic carbocycles. The van der Waals surface area contributed by atoms with E-state index in [1.807, 2.05) is 18.2 Å². The highest BCUT2D eigenvalue weighted by molar-refractivity contribution is 5.43. The van der Waals surface area contributed by atoms with E-state index < -0.39 is 6.10 Å². The van der Waals surface area contributed by atoms with E-state index in [0.29, 0.717) is 6.42 Å². The highest BCUT2D eigenvalue weighted by atomic mass is 16.5. The van der Waals surface area contributed by atoms with Gasteiger partial charge in [0.2, 0.25) is 0 Å². The maximum absolute atomic E-state index is 10.5. The lowest BCUT2D eigenvalue weighted by Gasteiger charge is -2.45. The van der Waals surface area contributed by atoms with Crippen LogP contribution in [0.25, 0.3) is 0 Å². The predicted molar refractivity (Wildman–Crippen MR) is 78.2 cm³/mol. The molecule has 110 valence electrons. The summed E-state index contributed by atoms with van der Waals surface area (Å²) in [6, 6.07) is 5.74. The molecule has 0 bridgehead atoms. The smallest absolute Gasteiger partial charge is 0.126 e. The molecule has 0 aromatic heterocycles. The Kier molecular flexibility index (Phi) is 3.63. The molecule has 3 nitrogen and oxygen atoms in total. The van der Waals surface area contributed by atoms with Crippen LogP contribution >= 0.6 is 0 Å². The predicted octanol–water partition coefficient (Wildman–Crippen LogP) is 3.85. The Hall–Kier alpha value is -1.22. The molecule has 3 heteroatoms. The quantitative estimate of drug-likeness (QED) is 0.891. The largest absolute Gasteiger partial charge is 0.497 e. The third-order valence-corrected chi connectivity index (χ3v) is 4.95. The summed E-state index contributed by atoms with van der Waals surface area (Å²) in [5, 5.41) is 10.5. The van der Waals surface area contributed by atoms with Gasteiger partial charge in [-0.15, -0.1) is 0 Å². The Morgan fingerprint density at radius 2 is 2.25 bits per heavy atom. The van der Waals surface area contributed by atoms with Gasteiger partial charge in [-0.05, 0) is 43.4 Å². The Labute approximate surface area is 120 Å². The minimum absolute atomic E-state index is 0.153. The highest BCUT2D eigenvalue weighted by Gasteiger charge is 2.43. The van der Waals surface area contributed by atoms with Crippen LogP contribution in [-0.4, -0.2) is 17.8 Å². The van der Waals surface area contributed by atoms with Crippen LogP contribution < -0.4 is 9.47 Å². The van der Waals surface area contributed by atoms with Crippen molar-refractivity contribution in [2.75, 3.05) is 7.11 Å². The van der Waals surface area contributed by atoms with Gasteiger partial charge in [-0.1, -0.05) is 19.8 Å². The molecule has 3 atom stereocenters. The van der Waals surface area contributed by atoms with Gasteiger partial charge in [-0.3, -0.25) is 0 Å². The highest BCUT2D eigenvalue weighted by Crippen LogP contribution is 2.48. The van der Waals surface area contributed by atoms with Crippen LogP contribution in [0.15, 0.2) is 18.2 Å². The number of aliphatic hydroxyl groups is 1. The normalized spacial score (nSPS) is 32.5. The molecule has 0 amide bonds. The molecule has 1 N–H and O–H groups in total. The van der Waals surface area contributed by atoms with E-state index in [4.69, 9.17) is 9.47 Å². The molecule has 1 aromatic rings. The average Bonchev–Trinajstić information content (AvgIpc) is 2.47. The fourth-order valence-corrected chi connectivity index (χ4v) is 3.81. The van der Waals surface area contributed by atoms with E-state index in [0.717, 1.165) is 35.8 Å². The van der Waals surface area contributed by atoms with E-state index in [1.165, 1.54) is 19.3 Å². The Morgan fingerprint density at radius 3 is 3.00 bits per heavy atom. The Balaban J connectivity index is 1.88. The first kappa shape index (κ1) is 13.7. The fraction of sp³-hybridized carbons (Fsp3) is 0.647. The van der Waals surface area contributed by atoms with Crippen molar-refractivity contribution in [3.05, 3.63) is 23.8 Å². The number of benzene rings is 1. The summed E-state index contributed by atoms with van der Waals surface area (Å²) in [5.41, 5.74) is 0.716. The first-order valence-electron chi connectivity index (χ1n) is 7.71. The second-order valence-electron chi connectivity index (χ2n) is 6.28. The molecule has 1 heterocycles. The molecule has 1 aliphatic carbocycles. The Morgan fingerprint density at radius 1 is 1.40 bits per heavy atom. The average molecular weight is 276 g/mol. The minimum Gasteiger partial charge on any atom is -0.497 e. The molecule has 0 radical (unpaired) electrons. The first-order valence-corrected chi connectivity index (χ1v) is 7.71. The van der Waals surface area contributed by atoms with Crippen LogP contribution in [0.4, 0.5) is 0 Å². The summed E-state index contributed by atoms with van der Waals surface area (Å²) in [6.45, 7) is 2.25. The van der Waals surface area contributed by atoms with Gasteiger partial charge in [-0.25, -0.2) is 0 Å². The standard InChI is InChI=1S/C17H24O3/c1-3-12-5-4-8-17(10-12)11-15(18)14-9-13(19-2)6-7-16(14)20-17/h6-7,9,12,15,18H,3-5,8,10-11H2,1-2H3/t12?,15-,17?/m1/s1. The van der Waals surface area contributed by atoms with E-state index in [9.17, 15) is 5.11 Å². The fourth-order valence-electron chi connectivity index (χ4n) is 3.81. The van der Waals surface area contributed by atoms with Gasteiger partial charge in [0.1, 0.15) is 17.1 Å². The van der Waals surface area contributed by atoms with Gasteiger partial charge < -0.3 is 14.6 Å². The molecule has 1 fully saturated rings. The zero-order valence-corrected chi connectivity index (χ0v) is 12.4. The monoisotopic (exact) mass is 276 g/mol. The van der Waals surface area contributed by atoms with Crippen molar-refractivity contribution in [2.45, 2.75) is 57.2 Å². The van der Waals surface area contributed by atoms with Gasteiger partial charge in [-0.2, -0.15) is 0 Å². The maximum Gasteiger partial charge on any atom is 0.126 e. The van der Waals surface area contributed by atoms with Crippen molar-refractivity contribution in [1.82, 2.24) is 0 Å². The molecular formula is C17H24O3. The molecule has 3 rings (SSSR count). The first-order chi connectivity index (χ1) is 9.65. The van der Waals surface area contributed by atoms with Crippen molar-refractivity contribution in [3.8, 4) is 11.5 Å². The second kappa shape index (κ2) is 5.28.